The van der Waals surface area contributed by atoms with Crippen molar-refractivity contribution in [2.24, 2.45) is 0 Å². The average Bonchev–Trinajstić information content (AvgIpc) is 2.80. The van der Waals surface area contributed by atoms with E-state index in [4.69, 9.17) is 9.47 Å². The molecule has 31 heavy (non-hydrogen) atoms. The van der Waals surface area contributed by atoms with Crippen molar-refractivity contribution < 1.29 is 18.7 Å². The highest BCUT2D eigenvalue weighted by Crippen LogP contribution is 2.24. The van der Waals surface area contributed by atoms with Crippen molar-refractivity contribution in [1.82, 2.24) is 9.97 Å². The molecule has 1 aromatic heterocycles. The van der Waals surface area contributed by atoms with E-state index in [9.17, 15) is 9.18 Å². The molecular formula is C24H18FN3O3. The molecule has 1 amide bonds. The van der Waals surface area contributed by atoms with Crippen molar-refractivity contribution in [3.63, 3.8) is 0 Å². The SMILES string of the molecule is COc1cccc(Oc2ncc(-c3ccc(C(=O)Nc4cccc(F)c4)cc3)cn2)c1. The van der Waals surface area contributed by atoms with Gasteiger partial charge in [0.1, 0.15) is 17.3 Å². The van der Waals surface area contributed by atoms with Crippen molar-refractivity contribution in [3.05, 3.63) is 96.6 Å². The number of amides is 1. The van der Waals surface area contributed by atoms with Gasteiger partial charge in [-0.1, -0.05) is 24.3 Å². The van der Waals surface area contributed by atoms with Gasteiger partial charge in [0.15, 0.2) is 0 Å². The molecule has 6 nitrogen and oxygen atoms in total. The third-order valence-electron chi connectivity index (χ3n) is 4.44. The van der Waals surface area contributed by atoms with Gasteiger partial charge in [-0.05, 0) is 48.0 Å². The first-order valence-electron chi connectivity index (χ1n) is 9.42. The third-order valence-corrected chi connectivity index (χ3v) is 4.44. The maximum Gasteiger partial charge on any atom is 0.321 e. The quantitative estimate of drug-likeness (QED) is 0.460. The maximum absolute atomic E-state index is 13.3. The molecule has 3 aromatic carbocycles. The average molecular weight is 415 g/mol. The van der Waals surface area contributed by atoms with Crippen LogP contribution in [0.4, 0.5) is 10.1 Å². The highest BCUT2D eigenvalue weighted by molar-refractivity contribution is 6.04. The zero-order valence-electron chi connectivity index (χ0n) is 16.6. The van der Waals surface area contributed by atoms with E-state index in [2.05, 4.69) is 15.3 Å². The molecule has 0 saturated heterocycles. The summed E-state index contributed by atoms with van der Waals surface area (Å²) >= 11 is 0. The van der Waals surface area contributed by atoms with Crippen molar-refractivity contribution >= 4 is 11.6 Å². The van der Waals surface area contributed by atoms with Gasteiger partial charge in [0.05, 0.1) is 7.11 Å². The van der Waals surface area contributed by atoms with Gasteiger partial charge in [-0.3, -0.25) is 4.79 Å². The molecule has 0 aliphatic rings. The number of nitrogens with zero attached hydrogens (tertiary/aromatic N) is 2. The predicted molar refractivity (Wildman–Crippen MR) is 115 cm³/mol. The number of carbonyl (C=O) groups excluding carboxylic acids is 1. The fourth-order valence-electron chi connectivity index (χ4n) is 2.87. The Morgan fingerprint density at radius 2 is 1.58 bits per heavy atom. The second-order valence-electron chi connectivity index (χ2n) is 6.58. The predicted octanol–water partition coefficient (Wildman–Crippen LogP) is 5.34. The first-order valence-corrected chi connectivity index (χ1v) is 9.42. The summed E-state index contributed by atoms with van der Waals surface area (Å²) in [5, 5.41) is 2.67. The van der Waals surface area contributed by atoms with Crippen LogP contribution < -0.4 is 14.8 Å². The molecule has 0 saturated carbocycles. The van der Waals surface area contributed by atoms with Gasteiger partial charge in [-0.25, -0.2) is 14.4 Å². The van der Waals surface area contributed by atoms with E-state index in [-0.39, 0.29) is 11.9 Å². The van der Waals surface area contributed by atoms with E-state index >= 15 is 0 Å². The Morgan fingerprint density at radius 3 is 2.29 bits per heavy atom. The minimum absolute atomic E-state index is 0.211. The molecule has 0 fully saturated rings. The maximum atomic E-state index is 13.3. The Bertz CT molecular complexity index is 1200. The molecule has 4 aromatic rings. The normalized spacial score (nSPS) is 10.4. The molecule has 7 heteroatoms. The summed E-state index contributed by atoms with van der Waals surface area (Å²) < 4.78 is 24.1. The molecule has 1 heterocycles. The lowest BCUT2D eigenvalue weighted by Crippen LogP contribution is -2.11. The smallest absolute Gasteiger partial charge is 0.321 e. The summed E-state index contributed by atoms with van der Waals surface area (Å²) in [5.74, 6) is 0.513. The van der Waals surface area contributed by atoms with Gasteiger partial charge in [0, 0.05) is 35.3 Å². The van der Waals surface area contributed by atoms with Crippen LogP contribution in [0.5, 0.6) is 17.5 Å². The lowest BCUT2D eigenvalue weighted by atomic mass is 10.1. The Kier molecular flexibility index (Phi) is 5.84. The highest BCUT2D eigenvalue weighted by Gasteiger charge is 2.08. The number of ether oxygens (including phenoxy) is 2. The number of rotatable bonds is 6. The standard InChI is InChI=1S/C24H18FN3O3/c1-30-21-6-3-7-22(13-21)31-24-26-14-18(15-27-24)16-8-10-17(11-9-16)23(29)28-20-5-2-4-19(25)12-20/h2-15H,1H3,(H,28,29). The molecule has 154 valence electrons. The van der Waals surface area contributed by atoms with Gasteiger partial charge >= 0.3 is 6.01 Å². The third kappa shape index (κ3) is 5.02. The summed E-state index contributed by atoms with van der Waals surface area (Å²) in [6.07, 6.45) is 3.29. The second-order valence-corrected chi connectivity index (χ2v) is 6.58. The van der Waals surface area contributed by atoms with Crippen LogP contribution in [0.2, 0.25) is 0 Å². The lowest BCUT2D eigenvalue weighted by molar-refractivity contribution is 0.102. The lowest BCUT2D eigenvalue weighted by Gasteiger charge is -2.08. The van der Waals surface area contributed by atoms with Gasteiger partial charge in [0.2, 0.25) is 0 Å². The first kappa shape index (κ1) is 20.0. The molecule has 0 atom stereocenters. The molecular weight excluding hydrogens is 397 g/mol. The summed E-state index contributed by atoms with van der Waals surface area (Å²) in [7, 11) is 1.58. The van der Waals surface area contributed by atoms with E-state index in [1.807, 2.05) is 12.1 Å². The summed E-state index contributed by atoms with van der Waals surface area (Å²) in [6, 6.07) is 20.1. The van der Waals surface area contributed by atoms with Crippen molar-refractivity contribution in [2.45, 2.75) is 0 Å². The monoisotopic (exact) mass is 415 g/mol. The molecule has 4 rings (SSSR count). The fourth-order valence-corrected chi connectivity index (χ4v) is 2.87. The second kappa shape index (κ2) is 9.04. The minimum Gasteiger partial charge on any atom is -0.497 e. The zero-order valence-corrected chi connectivity index (χ0v) is 16.6. The summed E-state index contributed by atoms with van der Waals surface area (Å²) in [4.78, 5) is 20.8. The van der Waals surface area contributed by atoms with Crippen LogP contribution in [0.1, 0.15) is 10.4 Å². The van der Waals surface area contributed by atoms with Gasteiger partial charge in [0.25, 0.3) is 5.91 Å². The highest BCUT2D eigenvalue weighted by atomic mass is 19.1. The van der Waals surface area contributed by atoms with E-state index in [1.165, 1.54) is 18.2 Å². The van der Waals surface area contributed by atoms with Crippen LogP contribution in [-0.4, -0.2) is 23.0 Å². The summed E-state index contributed by atoms with van der Waals surface area (Å²) in [6.45, 7) is 0. The minimum atomic E-state index is -0.410. The Morgan fingerprint density at radius 1 is 0.871 bits per heavy atom. The number of anilines is 1. The van der Waals surface area contributed by atoms with Crippen molar-refractivity contribution in [1.29, 1.82) is 0 Å². The number of hydrogen-bond acceptors (Lipinski definition) is 5. The number of nitrogens with one attached hydrogen (secondary N) is 1. The first-order chi connectivity index (χ1) is 15.1. The fraction of sp³-hybridized carbons (Fsp3) is 0.0417. The molecule has 0 radical (unpaired) electrons. The Balaban J connectivity index is 1.43. The van der Waals surface area contributed by atoms with E-state index in [0.717, 1.165) is 11.1 Å². The van der Waals surface area contributed by atoms with Gasteiger partial charge in [-0.2, -0.15) is 0 Å². The number of benzene rings is 3. The van der Waals surface area contributed by atoms with Crippen LogP contribution in [0.25, 0.3) is 11.1 Å². The van der Waals surface area contributed by atoms with E-state index in [0.29, 0.717) is 22.7 Å². The van der Waals surface area contributed by atoms with Crippen LogP contribution in [0, 0.1) is 5.82 Å². The molecule has 0 unspecified atom stereocenters. The Hall–Kier alpha value is -4.26. The molecule has 1 N–H and O–H groups in total. The number of hydrogen-bond donors (Lipinski definition) is 1. The van der Waals surface area contributed by atoms with Gasteiger partial charge in [-0.15, -0.1) is 0 Å². The molecule has 0 aliphatic carbocycles. The zero-order chi connectivity index (χ0) is 21.6. The molecule has 0 bridgehead atoms. The van der Waals surface area contributed by atoms with E-state index < -0.39 is 5.82 Å². The Labute approximate surface area is 178 Å². The van der Waals surface area contributed by atoms with Crippen LogP contribution in [-0.2, 0) is 0 Å². The van der Waals surface area contributed by atoms with Crippen LogP contribution in [0.15, 0.2) is 85.2 Å². The van der Waals surface area contributed by atoms with Gasteiger partial charge < -0.3 is 14.8 Å². The van der Waals surface area contributed by atoms with Crippen LogP contribution in [0.3, 0.4) is 0 Å². The number of aromatic nitrogens is 2. The molecule has 0 aliphatic heterocycles. The summed E-state index contributed by atoms with van der Waals surface area (Å²) in [5.41, 5.74) is 2.46. The van der Waals surface area contributed by atoms with Crippen molar-refractivity contribution in [2.75, 3.05) is 12.4 Å². The topological polar surface area (TPSA) is 73.3 Å². The largest absolute Gasteiger partial charge is 0.497 e. The molecule has 0 spiro atoms. The van der Waals surface area contributed by atoms with E-state index in [1.54, 1.807) is 62.0 Å². The number of methoxy groups -OCH3 is 1. The van der Waals surface area contributed by atoms with Crippen molar-refractivity contribution in [3.8, 4) is 28.6 Å². The number of halogens is 1. The number of carbonyl (C=O) groups is 1. The van der Waals surface area contributed by atoms with Crippen LogP contribution >= 0.6 is 0 Å².